The number of ketones is 1. The van der Waals surface area contributed by atoms with Gasteiger partial charge < -0.3 is 21.1 Å². The summed E-state index contributed by atoms with van der Waals surface area (Å²) >= 11 is 5.58. The van der Waals surface area contributed by atoms with Crippen LogP contribution in [0.2, 0.25) is 0 Å². The summed E-state index contributed by atoms with van der Waals surface area (Å²) in [6.07, 6.45) is -1.31. The van der Waals surface area contributed by atoms with E-state index in [1.54, 1.807) is 51.1 Å². The van der Waals surface area contributed by atoms with Crippen molar-refractivity contribution < 1.29 is 23.9 Å². The summed E-state index contributed by atoms with van der Waals surface area (Å²) in [4.78, 5) is 47.8. The van der Waals surface area contributed by atoms with Crippen LogP contribution in [0, 0.1) is 0 Å². The maximum atomic E-state index is 12.7. The molecule has 0 heterocycles. The number of amides is 3. The van der Waals surface area contributed by atoms with Gasteiger partial charge >= 0.3 is 6.09 Å². The van der Waals surface area contributed by atoms with E-state index in [1.165, 1.54) is 0 Å². The summed E-state index contributed by atoms with van der Waals surface area (Å²) in [6.45, 7) is 5.00. The number of hydrogen-bond acceptors (Lipinski definition) is 5. The Bertz CT molecular complexity index is 703. The molecular formula is C19H26ClN3O5. The lowest BCUT2D eigenvalue weighted by molar-refractivity contribution is -0.128. The minimum absolute atomic E-state index is 0.0328. The summed E-state index contributed by atoms with van der Waals surface area (Å²) in [6, 6.07) is 6.90. The van der Waals surface area contributed by atoms with Crippen molar-refractivity contribution in [2.75, 3.05) is 5.88 Å². The maximum absolute atomic E-state index is 12.7. The number of nitrogens with one attached hydrogen (secondary N) is 2. The molecule has 154 valence electrons. The van der Waals surface area contributed by atoms with E-state index in [4.69, 9.17) is 22.1 Å². The second-order valence-corrected chi connectivity index (χ2v) is 7.48. The summed E-state index contributed by atoms with van der Waals surface area (Å²) in [5, 5.41) is 5.02. The molecule has 0 spiro atoms. The number of nitrogens with two attached hydrogens (primary N) is 1. The normalized spacial score (nSPS) is 13.1. The average Bonchev–Trinajstić information content (AvgIpc) is 2.59. The number of Topliss-reactive ketones (excluding diaryl/α,β-unsaturated/α-hetero) is 1. The van der Waals surface area contributed by atoms with Crippen molar-refractivity contribution in [3.63, 3.8) is 0 Å². The van der Waals surface area contributed by atoms with E-state index in [2.05, 4.69) is 10.6 Å². The smallest absolute Gasteiger partial charge is 0.408 e. The van der Waals surface area contributed by atoms with Crippen molar-refractivity contribution >= 4 is 35.3 Å². The van der Waals surface area contributed by atoms with E-state index in [0.717, 1.165) is 0 Å². The first-order chi connectivity index (χ1) is 13.0. The van der Waals surface area contributed by atoms with E-state index >= 15 is 0 Å². The van der Waals surface area contributed by atoms with Gasteiger partial charge in [0.2, 0.25) is 11.8 Å². The first-order valence-electron chi connectivity index (χ1n) is 8.72. The van der Waals surface area contributed by atoms with E-state index in [1.807, 2.05) is 0 Å². The lowest BCUT2D eigenvalue weighted by Gasteiger charge is -2.25. The third-order valence-electron chi connectivity index (χ3n) is 3.51. The molecule has 1 aromatic rings. The van der Waals surface area contributed by atoms with Gasteiger partial charge in [-0.2, -0.15) is 0 Å². The Hall–Kier alpha value is -2.61. The van der Waals surface area contributed by atoms with E-state index in [0.29, 0.717) is 5.56 Å². The van der Waals surface area contributed by atoms with Crippen molar-refractivity contribution in [1.29, 1.82) is 0 Å². The van der Waals surface area contributed by atoms with E-state index < -0.39 is 42.0 Å². The lowest BCUT2D eigenvalue weighted by Crippen LogP contribution is -2.50. The number of carbonyl (C=O) groups is 4. The van der Waals surface area contributed by atoms with Gasteiger partial charge in [0.25, 0.3) is 0 Å². The standard InChI is InChI=1S/C19H26ClN3O5/c1-19(2,3)28-18(27)23-15(10-16(21)25)17(26)22-14(9-13(24)11-20)12-7-5-4-6-8-12/h4-8,14-15H,9-11H2,1-3H3,(H2,21,25)(H,22,26)(H,23,27)/t14?,15-/m0/s1. The van der Waals surface area contributed by atoms with Gasteiger partial charge in [-0.1, -0.05) is 30.3 Å². The predicted molar refractivity (Wildman–Crippen MR) is 105 cm³/mol. The van der Waals surface area contributed by atoms with Crippen LogP contribution in [0.15, 0.2) is 30.3 Å². The van der Waals surface area contributed by atoms with Crippen LogP contribution in [-0.2, 0) is 19.1 Å². The number of carbonyl (C=O) groups excluding carboxylic acids is 4. The Kier molecular flexibility index (Phi) is 8.91. The fraction of sp³-hybridized carbons (Fsp3) is 0.474. The van der Waals surface area contributed by atoms with E-state index in [-0.39, 0.29) is 18.1 Å². The van der Waals surface area contributed by atoms with Crippen molar-refractivity contribution in [2.45, 2.75) is 51.3 Å². The minimum atomic E-state index is -1.25. The SMILES string of the molecule is CC(C)(C)OC(=O)N[C@@H](CC(N)=O)C(=O)NC(CC(=O)CCl)c1ccccc1. The number of ether oxygens (including phenoxy) is 1. The van der Waals surface area contributed by atoms with Crippen LogP contribution in [0.5, 0.6) is 0 Å². The number of alkyl carbamates (subject to hydrolysis) is 1. The molecule has 1 aromatic carbocycles. The molecule has 0 aliphatic heterocycles. The fourth-order valence-electron chi connectivity index (χ4n) is 2.35. The highest BCUT2D eigenvalue weighted by Crippen LogP contribution is 2.18. The molecule has 0 aliphatic rings. The van der Waals surface area contributed by atoms with Gasteiger partial charge in [0.1, 0.15) is 17.4 Å². The number of halogens is 1. The summed E-state index contributed by atoms with van der Waals surface area (Å²) < 4.78 is 5.12. The number of benzene rings is 1. The molecule has 0 aromatic heterocycles. The molecule has 2 atom stereocenters. The largest absolute Gasteiger partial charge is 0.444 e. The molecule has 9 heteroatoms. The Morgan fingerprint density at radius 2 is 1.68 bits per heavy atom. The Balaban J connectivity index is 2.96. The molecule has 0 radical (unpaired) electrons. The van der Waals surface area contributed by atoms with Crippen LogP contribution in [-0.4, -0.2) is 41.2 Å². The number of primary amides is 1. The zero-order valence-electron chi connectivity index (χ0n) is 16.2. The predicted octanol–water partition coefficient (Wildman–Crippen LogP) is 1.81. The number of hydrogen-bond donors (Lipinski definition) is 3. The molecule has 0 fully saturated rings. The first-order valence-corrected chi connectivity index (χ1v) is 9.26. The van der Waals surface area contributed by atoms with Crippen molar-refractivity contribution in [1.82, 2.24) is 10.6 Å². The summed E-state index contributed by atoms with van der Waals surface area (Å²) in [5.41, 5.74) is 5.10. The highest BCUT2D eigenvalue weighted by molar-refractivity contribution is 6.27. The molecule has 4 N–H and O–H groups in total. The Morgan fingerprint density at radius 3 is 2.18 bits per heavy atom. The molecule has 3 amide bonds. The first kappa shape index (κ1) is 23.4. The van der Waals surface area contributed by atoms with Crippen molar-refractivity contribution in [3.8, 4) is 0 Å². The highest BCUT2D eigenvalue weighted by Gasteiger charge is 2.28. The van der Waals surface area contributed by atoms with Crippen LogP contribution in [0.1, 0.15) is 45.2 Å². The summed E-state index contributed by atoms with van der Waals surface area (Å²) in [7, 11) is 0. The van der Waals surface area contributed by atoms with Crippen molar-refractivity contribution in [3.05, 3.63) is 35.9 Å². The molecule has 0 aliphatic carbocycles. The summed E-state index contributed by atoms with van der Waals surface area (Å²) in [5.74, 6) is -1.90. The topological polar surface area (TPSA) is 128 Å². The van der Waals surface area contributed by atoms with Crippen LogP contribution in [0.4, 0.5) is 4.79 Å². The number of rotatable bonds is 9. The van der Waals surface area contributed by atoms with E-state index in [9.17, 15) is 19.2 Å². The van der Waals surface area contributed by atoms with Crippen molar-refractivity contribution in [2.24, 2.45) is 5.73 Å². The minimum Gasteiger partial charge on any atom is -0.444 e. The van der Waals surface area contributed by atoms with Gasteiger partial charge in [-0.25, -0.2) is 4.79 Å². The zero-order valence-corrected chi connectivity index (χ0v) is 16.9. The molecular weight excluding hydrogens is 386 g/mol. The molecule has 1 unspecified atom stereocenters. The Morgan fingerprint density at radius 1 is 1.07 bits per heavy atom. The quantitative estimate of drug-likeness (QED) is 0.534. The van der Waals surface area contributed by atoms with Gasteiger partial charge in [-0.05, 0) is 26.3 Å². The molecule has 0 saturated heterocycles. The molecule has 0 bridgehead atoms. The molecule has 28 heavy (non-hydrogen) atoms. The lowest BCUT2D eigenvalue weighted by atomic mass is 10.0. The molecule has 8 nitrogen and oxygen atoms in total. The van der Waals surface area contributed by atoms with Gasteiger partial charge in [0.15, 0.2) is 0 Å². The average molecular weight is 412 g/mol. The molecule has 0 saturated carbocycles. The second kappa shape index (κ2) is 10.7. The third-order valence-corrected chi connectivity index (χ3v) is 3.81. The third kappa shape index (κ3) is 8.85. The zero-order chi connectivity index (χ0) is 21.3. The second-order valence-electron chi connectivity index (χ2n) is 7.22. The fourth-order valence-corrected chi connectivity index (χ4v) is 2.46. The highest BCUT2D eigenvalue weighted by atomic mass is 35.5. The van der Waals surface area contributed by atoms with Crippen LogP contribution < -0.4 is 16.4 Å². The monoisotopic (exact) mass is 411 g/mol. The van der Waals surface area contributed by atoms with Gasteiger partial charge in [0, 0.05) is 6.42 Å². The van der Waals surface area contributed by atoms with Gasteiger partial charge in [-0.3, -0.25) is 14.4 Å². The van der Waals surface area contributed by atoms with Gasteiger partial charge in [0.05, 0.1) is 18.3 Å². The maximum Gasteiger partial charge on any atom is 0.408 e. The van der Waals surface area contributed by atoms with Crippen LogP contribution in [0.3, 0.4) is 0 Å². The van der Waals surface area contributed by atoms with Gasteiger partial charge in [-0.15, -0.1) is 11.6 Å². The van der Waals surface area contributed by atoms with Crippen LogP contribution in [0.25, 0.3) is 0 Å². The Labute approximate surface area is 169 Å². The molecule has 1 rings (SSSR count). The number of alkyl halides is 1. The van der Waals surface area contributed by atoms with Crippen LogP contribution >= 0.6 is 11.6 Å².